The molecule has 0 aliphatic heterocycles. The number of alkyl halides is 2. The minimum absolute atomic E-state index is 0.111. The monoisotopic (exact) mass is 313 g/mol. The van der Waals surface area contributed by atoms with Gasteiger partial charge in [-0.15, -0.1) is 0 Å². The number of esters is 1. The minimum Gasteiger partial charge on any atom is -0.541 e. The topological polar surface area (TPSA) is 75.7 Å². The molecule has 0 atom stereocenters. The maximum atomic E-state index is 12.8. The van der Waals surface area contributed by atoms with Crippen LogP contribution in [0.15, 0.2) is 24.3 Å². The van der Waals surface area contributed by atoms with E-state index in [4.69, 9.17) is 4.74 Å². The molecule has 1 aromatic carbocycles. The summed E-state index contributed by atoms with van der Waals surface area (Å²) in [6.07, 6.45) is 0.276. The summed E-state index contributed by atoms with van der Waals surface area (Å²) in [5, 5.41) is 10.2. The summed E-state index contributed by atoms with van der Waals surface area (Å²) in [5.41, 5.74) is 0.190. The average molecular weight is 313 g/mol. The predicted molar refractivity (Wildman–Crippen MR) is 69.3 cm³/mol. The molecule has 1 aliphatic rings. The van der Waals surface area contributed by atoms with Gasteiger partial charge in [0.25, 0.3) is 0 Å². The molecule has 0 heterocycles. The highest BCUT2D eigenvalue weighted by atomic mass is 19.3. The minimum atomic E-state index is -4.43. The molecule has 0 spiro atoms. The van der Waals surface area contributed by atoms with Gasteiger partial charge in [-0.05, 0) is 49.9 Å². The van der Waals surface area contributed by atoms with Crippen LogP contribution in [0.3, 0.4) is 0 Å². The van der Waals surface area contributed by atoms with Gasteiger partial charge in [0.15, 0.2) is 5.97 Å². The molecule has 0 amide bonds. The number of carboxylic acid groups (broad SMARTS) is 1. The predicted octanol–water partition coefficient (Wildman–Crippen LogP) is 1.90. The highest BCUT2D eigenvalue weighted by Gasteiger charge is 2.34. The molecule has 1 saturated carbocycles. The fourth-order valence-electron chi connectivity index (χ4n) is 2.25. The van der Waals surface area contributed by atoms with Crippen molar-refractivity contribution in [1.82, 2.24) is 0 Å². The number of hydrogen-bond acceptors (Lipinski definition) is 5. The van der Waals surface area contributed by atoms with Crippen LogP contribution in [0.2, 0.25) is 0 Å². The van der Waals surface area contributed by atoms with Crippen LogP contribution >= 0.6 is 0 Å². The third-order valence-corrected chi connectivity index (χ3v) is 3.40. The maximum absolute atomic E-state index is 12.8. The van der Waals surface area contributed by atoms with Gasteiger partial charge in [-0.2, -0.15) is 8.78 Å². The molecule has 0 radical (unpaired) electrons. The second-order valence-electron chi connectivity index (χ2n) is 5.10. The van der Waals surface area contributed by atoms with Gasteiger partial charge in [0.05, 0.1) is 5.56 Å². The second kappa shape index (κ2) is 6.72. The molecule has 0 N–H and O–H groups in total. The van der Waals surface area contributed by atoms with Gasteiger partial charge in [0, 0.05) is 0 Å². The van der Waals surface area contributed by atoms with Crippen molar-refractivity contribution in [2.75, 3.05) is 0 Å². The van der Waals surface area contributed by atoms with Crippen molar-refractivity contribution < 1.29 is 33.0 Å². The molecule has 2 rings (SSSR count). The Morgan fingerprint density at radius 2 is 1.68 bits per heavy atom. The standard InChI is InChI=1S/C15H16F2O5/c16-15(17,14(19)20)22-12-8-6-10(7-9-12)13(18)21-11-4-2-1-3-5-11/h6-9,11H,1-5H2,(H,19,20)/p-1. The van der Waals surface area contributed by atoms with Crippen molar-refractivity contribution in [3.63, 3.8) is 0 Å². The third-order valence-electron chi connectivity index (χ3n) is 3.40. The van der Waals surface area contributed by atoms with Crippen molar-refractivity contribution >= 4 is 11.9 Å². The summed E-state index contributed by atoms with van der Waals surface area (Å²) in [6.45, 7) is 0. The fraction of sp³-hybridized carbons (Fsp3) is 0.467. The molecule has 1 aromatic rings. The normalized spacial score (nSPS) is 16.1. The zero-order valence-corrected chi connectivity index (χ0v) is 11.7. The van der Waals surface area contributed by atoms with E-state index in [-0.39, 0.29) is 17.4 Å². The van der Waals surface area contributed by atoms with E-state index in [1.54, 1.807) is 0 Å². The van der Waals surface area contributed by atoms with Gasteiger partial charge in [-0.3, -0.25) is 0 Å². The van der Waals surface area contributed by atoms with E-state index in [0.717, 1.165) is 44.2 Å². The van der Waals surface area contributed by atoms with Crippen LogP contribution < -0.4 is 9.84 Å². The van der Waals surface area contributed by atoms with E-state index >= 15 is 0 Å². The molecular weight excluding hydrogens is 298 g/mol. The molecule has 22 heavy (non-hydrogen) atoms. The summed E-state index contributed by atoms with van der Waals surface area (Å²) in [4.78, 5) is 22.1. The molecule has 1 aliphatic carbocycles. The van der Waals surface area contributed by atoms with Crippen molar-refractivity contribution in [3.05, 3.63) is 29.8 Å². The summed E-state index contributed by atoms with van der Waals surface area (Å²) in [7, 11) is 0. The second-order valence-corrected chi connectivity index (χ2v) is 5.10. The van der Waals surface area contributed by atoms with E-state index in [0.29, 0.717) is 0 Å². The maximum Gasteiger partial charge on any atom is 0.441 e. The number of aliphatic carboxylic acids is 1. The lowest BCUT2D eigenvalue weighted by molar-refractivity contribution is -0.350. The number of ether oxygens (including phenoxy) is 2. The van der Waals surface area contributed by atoms with E-state index in [1.807, 2.05) is 0 Å². The van der Waals surface area contributed by atoms with Crippen LogP contribution in [0.4, 0.5) is 8.78 Å². The molecule has 1 fully saturated rings. The summed E-state index contributed by atoms with van der Waals surface area (Å²) in [6, 6.07) is 4.64. The molecule has 5 nitrogen and oxygen atoms in total. The Morgan fingerprint density at radius 1 is 1.09 bits per heavy atom. The Bertz CT molecular complexity index is 535. The Balaban J connectivity index is 1.96. The lowest BCUT2D eigenvalue weighted by Gasteiger charge is -2.22. The molecule has 0 unspecified atom stereocenters. The summed E-state index contributed by atoms with van der Waals surface area (Å²) >= 11 is 0. The molecule has 7 heteroatoms. The lowest BCUT2D eigenvalue weighted by atomic mass is 9.98. The van der Waals surface area contributed by atoms with E-state index < -0.39 is 18.0 Å². The van der Waals surface area contributed by atoms with Crippen LogP contribution in [-0.4, -0.2) is 24.2 Å². The van der Waals surface area contributed by atoms with Crippen LogP contribution in [0.25, 0.3) is 0 Å². The Kier molecular flexibility index (Phi) is 4.95. The SMILES string of the molecule is O=C(OC1CCCCC1)c1ccc(OC(F)(F)C(=O)[O-])cc1. The number of rotatable bonds is 5. The number of carbonyl (C=O) groups is 2. The van der Waals surface area contributed by atoms with Gasteiger partial charge in [-0.1, -0.05) is 6.42 Å². The van der Waals surface area contributed by atoms with Crippen LogP contribution in [0.5, 0.6) is 5.75 Å². The van der Waals surface area contributed by atoms with Crippen LogP contribution in [0.1, 0.15) is 42.5 Å². The Hall–Kier alpha value is -2.18. The summed E-state index contributed by atoms with van der Waals surface area (Å²) < 4.78 is 35.0. The Labute approximate surface area is 125 Å². The van der Waals surface area contributed by atoms with Gasteiger partial charge in [0.1, 0.15) is 11.9 Å². The van der Waals surface area contributed by atoms with Gasteiger partial charge >= 0.3 is 12.1 Å². The average Bonchev–Trinajstić information content (AvgIpc) is 2.48. The highest BCUT2D eigenvalue weighted by molar-refractivity contribution is 5.89. The first kappa shape index (κ1) is 16.2. The quantitative estimate of drug-likeness (QED) is 0.776. The first-order chi connectivity index (χ1) is 10.4. The number of carbonyl (C=O) groups excluding carboxylic acids is 2. The molecular formula is C15H15F2O5-. The van der Waals surface area contributed by atoms with Gasteiger partial charge in [-0.25, -0.2) is 4.79 Å². The number of hydrogen-bond donors (Lipinski definition) is 0. The zero-order chi connectivity index (χ0) is 16.2. The number of benzene rings is 1. The lowest BCUT2D eigenvalue weighted by Crippen LogP contribution is -2.45. The van der Waals surface area contributed by atoms with E-state index in [1.165, 1.54) is 12.1 Å². The van der Waals surface area contributed by atoms with Crippen molar-refractivity contribution in [1.29, 1.82) is 0 Å². The first-order valence-corrected chi connectivity index (χ1v) is 6.98. The number of halogens is 2. The van der Waals surface area contributed by atoms with Crippen molar-refractivity contribution in [2.24, 2.45) is 0 Å². The van der Waals surface area contributed by atoms with Crippen LogP contribution in [0, 0.1) is 0 Å². The largest absolute Gasteiger partial charge is 0.541 e. The summed E-state index contributed by atoms with van der Waals surface area (Å²) in [5.74, 6) is -3.55. The zero-order valence-electron chi connectivity index (χ0n) is 11.7. The van der Waals surface area contributed by atoms with Crippen molar-refractivity contribution in [3.8, 4) is 5.75 Å². The smallest absolute Gasteiger partial charge is 0.441 e. The third kappa shape index (κ3) is 4.16. The van der Waals surface area contributed by atoms with E-state index in [2.05, 4.69) is 4.74 Å². The molecule has 0 bridgehead atoms. The van der Waals surface area contributed by atoms with Gasteiger partial charge < -0.3 is 19.4 Å². The Morgan fingerprint density at radius 3 is 2.23 bits per heavy atom. The van der Waals surface area contributed by atoms with Crippen LogP contribution in [-0.2, 0) is 9.53 Å². The number of carboxylic acids is 1. The van der Waals surface area contributed by atoms with Gasteiger partial charge in [0.2, 0.25) is 0 Å². The highest BCUT2D eigenvalue weighted by Crippen LogP contribution is 2.24. The first-order valence-electron chi connectivity index (χ1n) is 6.98. The van der Waals surface area contributed by atoms with E-state index in [9.17, 15) is 23.5 Å². The fourth-order valence-corrected chi connectivity index (χ4v) is 2.25. The molecule has 0 aromatic heterocycles. The van der Waals surface area contributed by atoms with Crippen molar-refractivity contribution in [2.45, 2.75) is 44.3 Å². The molecule has 120 valence electrons. The molecule has 0 saturated heterocycles.